The molecule has 1 N–H and O–H groups in total. The summed E-state index contributed by atoms with van der Waals surface area (Å²) in [4.78, 5) is 23.9. The number of methoxy groups -OCH3 is 1. The van der Waals surface area contributed by atoms with Crippen LogP contribution in [0.25, 0.3) is 0 Å². The Morgan fingerprint density at radius 2 is 2.10 bits per heavy atom. The van der Waals surface area contributed by atoms with Crippen LogP contribution >= 0.6 is 0 Å². The van der Waals surface area contributed by atoms with Crippen molar-refractivity contribution in [2.24, 2.45) is 7.05 Å². The Balaban J connectivity index is 1.75. The molecule has 0 aliphatic heterocycles. The molecule has 0 aromatic carbocycles. The minimum atomic E-state index is -0.0242. The van der Waals surface area contributed by atoms with Gasteiger partial charge in [0.05, 0.1) is 13.7 Å². The Bertz CT molecular complexity index is 564. The minimum Gasteiger partial charge on any atom is -0.467 e. The van der Waals surface area contributed by atoms with E-state index < -0.39 is 0 Å². The van der Waals surface area contributed by atoms with Crippen molar-refractivity contribution in [3.05, 3.63) is 36.2 Å². The zero-order chi connectivity index (χ0) is 14.4. The molecule has 2 heterocycles. The molecular formula is C13H17N5O2. The van der Waals surface area contributed by atoms with E-state index in [-0.39, 0.29) is 5.91 Å². The van der Waals surface area contributed by atoms with E-state index in [0.29, 0.717) is 25.4 Å². The van der Waals surface area contributed by atoms with Crippen molar-refractivity contribution in [1.82, 2.24) is 24.8 Å². The van der Waals surface area contributed by atoms with Crippen LogP contribution in [0.2, 0.25) is 0 Å². The number of aryl methyl sites for hydroxylation is 2. The van der Waals surface area contributed by atoms with Crippen molar-refractivity contribution >= 4 is 5.91 Å². The van der Waals surface area contributed by atoms with E-state index in [9.17, 15) is 4.79 Å². The second-order valence-corrected chi connectivity index (χ2v) is 4.31. The molecule has 0 fully saturated rings. The zero-order valence-corrected chi connectivity index (χ0v) is 11.5. The lowest BCUT2D eigenvalue weighted by molar-refractivity contribution is -0.121. The number of carbonyl (C=O) groups excluding carboxylic acids is 1. The van der Waals surface area contributed by atoms with Gasteiger partial charge in [0, 0.05) is 38.3 Å². The van der Waals surface area contributed by atoms with Crippen LogP contribution in [-0.4, -0.2) is 32.5 Å². The Labute approximate surface area is 117 Å². The predicted octanol–water partition coefficient (Wildman–Crippen LogP) is 0.468. The fourth-order valence-corrected chi connectivity index (χ4v) is 1.67. The number of aromatic nitrogens is 4. The third kappa shape index (κ3) is 3.78. The molecule has 2 rings (SSSR count). The standard InChI is InChI=1S/C13H17N5O2/c1-18-6-5-14-11(18)9-15-12(19)4-3-10-7-16-13(20-2)17-8-10/h5-8H,3-4,9H2,1-2H3,(H,15,19). The van der Waals surface area contributed by atoms with E-state index in [1.165, 1.54) is 7.11 Å². The van der Waals surface area contributed by atoms with Gasteiger partial charge in [-0.3, -0.25) is 4.79 Å². The van der Waals surface area contributed by atoms with Crippen LogP contribution in [0.4, 0.5) is 0 Å². The monoisotopic (exact) mass is 275 g/mol. The van der Waals surface area contributed by atoms with Gasteiger partial charge >= 0.3 is 6.01 Å². The highest BCUT2D eigenvalue weighted by Crippen LogP contribution is 2.04. The van der Waals surface area contributed by atoms with Gasteiger partial charge in [-0.25, -0.2) is 15.0 Å². The van der Waals surface area contributed by atoms with Crippen LogP contribution in [0.1, 0.15) is 17.8 Å². The van der Waals surface area contributed by atoms with Crippen LogP contribution in [0.3, 0.4) is 0 Å². The van der Waals surface area contributed by atoms with Crippen LogP contribution in [0, 0.1) is 0 Å². The molecule has 7 heteroatoms. The summed E-state index contributed by atoms with van der Waals surface area (Å²) in [5, 5.41) is 2.83. The summed E-state index contributed by atoms with van der Waals surface area (Å²) in [7, 11) is 3.41. The fourth-order valence-electron chi connectivity index (χ4n) is 1.67. The minimum absolute atomic E-state index is 0.0242. The highest BCUT2D eigenvalue weighted by molar-refractivity contribution is 5.76. The number of hydrogen-bond donors (Lipinski definition) is 1. The predicted molar refractivity (Wildman–Crippen MR) is 72.0 cm³/mol. The largest absolute Gasteiger partial charge is 0.467 e. The fraction of sp³-hybridized carbons (Fsp3) is 0.385. The van der Waals surface area contributed by atoms with Gasteiger partial charge in [0.15, 0.2) is 0 Å². The van der Waals surface area contributed by atoms with Gasteiger partial charge in [0.2, 0.25) is 5.91 Å². The average molecular weight is 275 g/mol. The summed E-state index contributed by atoms with van der Waals surface area (Å²) < 4.78 is 6.75. The molecule has 7 nitrogen and oxygen atoms in total. The van der Waals surface area contributed by atoms with Crippen LogP contribution in [0.5, 0.6) is 6.01 Å². The van der Waals surface area contributed by atoms with E-state index in [1.54, 1.807) is 18.6 Å². The molecule has 0 saturated carbocycles. The Kier molecular flexibility index (Phi) is 4.65. The number of ether oxygens (including phenoxy) is 1. The van der Waals surface area contributed by atoms with Crippen molar-refractivity contribution in [1.29, 1.82) is 0 Å². The number of rotatable bonds is 6. The summed E-state index contributed by atoms with van der Waals surface area (Å²) >= 11 is 0. The van der Waals surface area contributed by atoms with Crippen LogP contribution < -0.4 is 10.1 Å². The Morgan fingerprint density at radius 3 is 2.70 bits per heavy atom. The first-order chi connectivity index (χ1) is 9.69. The SMILES string of the molecule is COc1ncc(CCC(=O)NCc2nccn2C)cn1. The average Bonchev–Trinajstić information content (AvgIpc) is 2.89. The van der Waals surface area contributed by atoms with Crippen LogP contribution in [-0.2, 0) is 24.8 Å². The summed E-state index contributed by atoms with van der Waals surface area (Å²) in [6, 6.07) is 0.327. The molecule has 0 bridgehead atoms. The highest BCUT2D eigenvalue weighted by Gasteiger charge is 2.05. The van der Waals surface area contributed by atoms with Gasteiger partial charge in [-0.05, 0) is 12.0 Å². The van der Waals surface area contributed by atoms with E-state index in [4.69, 9.17) is 4.74 Å². The maximum absolute atomic E-state index is 11.7. The van der Waals surface area contributed by atoms with Crippen molar-refractivity contribution in [3.8, 4) is 6.01 Å². The van der Waals surface area contributed by atoms with Gasteiger partial charge in [-0.15, -0.1) is 0 Å². The molecule has 0 unspecified atom stereocenters. The number of nitrogens with one attached hydrogen (secondary N) is 1. The third-order valence-corrected chi connectivity index (χ3v) is 2.87. The molecule has 0 aliphatic rings. The van der Waals surface area contributed by atoms with Gasteiger partial charge in [-0.2, -0.15) is 0 Å². The van der Waals surface area contributed by atoms with Gasteiger partial charge < -0.3 is 14.6 Å². The molecular weight excluding hydrogens is 258 g/mol. The smallest absolute Gasteiger partial charge is 0.316 e. The highest BCUT2D eigenvalue weighted by atomic mass is 16.5. The molecule has 0 aliphatic carbocycles. The van der Waals surface area contributed by atoms with E-state index >= 15 is 0 Å². The van der Waals surface area contributed by atoms with E-state index in [0.717, 1.165) is 11.4 Å². The Morgan fingerprint density at radius 1 is 1.35 bits per heavy atom. The molecule has 20 heavy (non-hydrogen) atoms. The quantitative estimate of drug-likeness (QED) is 0.828. The van der Waals surface area contributed by atoms with Crippen LogP contribution in [0.15, 0.2) is 24.8 Å². The van der Waals surface area contributed by atoms with Crippen molar-refractivity contribution < 1.29 is 9.53 Å². The number of imidazole rings is 1. The summed E-state index contributed by atoms with van der Waals surface area (Å²) in [5.74, 6) is 0.801. The molecule has 1 amide bonds. The molecule has 0 atom stereocenters. The molecule has 0 spiro atoms. The first kappa shape index (κ1) is 14.0. The van der Waals surface area contributed by atoms with Crippen molar-refractivity contribution in [2.45, 2.75) is 19.4 Å². The maximum Gasteiger partial charge on any atom is 0.316 e. The van der Waals surface area contributed by atoms with Gasteiger partial charge in [0.1, 0.15) is 5.82 Å². The first-order valence-corrected chi connectivity index (χ1v) is 6.27. The third-order valence-electron chi connectivity index (χ3n) is 2.87. The van der Waals surface area contributed by atoms with Crippen molar-refractivity contribution in [3.63, 3.8) is 0 Å². The first-order valence-electron chi connectivity index (χ1n) is 6.27. The summed E-state index contributed by atoms with van der Waals surface area (Å²) in [5.41, 5.74) is 0.901. The molecule has 0 radical (unpaired) electrons. The number of nitrogens with zero attached hydrogens (tertiary/aromatic N) is 4. The topological polar surface area (TPSA) is 81.9 Å². The lowest BCUT2D eigenvalue weighted by Crippen LogP contribution is -2.24. The molecule has 0 saturated heterocycles. The van der Waals surface area contributed by atoms with Crippen molar-refractivity contribution in [2.75, 3.05) is 7.11 Å². The zero-order valence-electron chi connectivity index (χ0n) is 11.5. The second-order valence-electron chi connectivity index (χ2n) is 4.31. The van der Waals surface area contributed by atoms with Gasteiger partial charge in [0.25, 0.3) is 0 Å². The van der Waals surface area contributed by atoms with E-state index in [1.807, 2.05) is 17.8 Å². The lowest BCUT2D eigenvalue weighted by Gasteiger charge is -2.05. The summed E-state index contributed by atoms with van der Waals surface area (Å²) in [6.45, 7) is 0.432. The molecule has 2 aromatic heterocycles. The maximum atomic E-state index is 11.7. The van der Waals surface area contributed by atoms with E-state index in [2.05, 4.69) is 20.3 Å². The Hall–Kier alpha value is -2.44. The molecule has 2 aromatic rings. The van der Waals surface area contributed by atoms with Gasteiger partial charge in [-0.1, -0.05) is 0 Å². The number of amides is 1. The lowest BCUT2D eigenvalue weighted by atomic mass is 10.2. The number of carbonyl (C=O) groups is 1. The summed E-state index contributed by atoms with van der Waals surface area (Å²) in [6.07, 6.45) is 7.86. The number of hydrogen-bond acceptors (Lipinski definition) is 5. The molecule has 106 valence electrons. The normalized spacial score (nSPS) is 10.3. The second kappa shape index (κ2) is 6.65.